The van der Waals surface area contributed by atoms with E-state index in [0.29, 0.717) is 6.54 Å². The average Bonchev–Trinajstić information content (AvgIpc) is 2.25. The summed E-state index contributed by atoms with van der Waals surface area (Å²) in [6, 6.07) is -0.565. The number of hydrogen-bond acceptors (Lipinski definition) is 3. The first-order valence-corrected chi connectivity index (χ1v) is 5.63. The summed E-state index contributed by atoms with van der Waals surface area (Å²) >= 11 is 0. The molecule has 0 heterocycles. The molecule has 86 valence electrons. The van der Waals surface area contributed by atoms with Crippen LogP contribution in [-0.2, 0) is 4.79 Å². The van der Waals surface area contributed by atoms with Crippen molar-refractivity contribution in [2.75, 3.05) is 13.1 Å². The lowest BCUT2D eigenvalue weighted by molar-refractivity contribution is -0.119. The molecule has 0 saturated heterocycles. The third-order valence-corrected chi connectivity index (χ3v) is 2.74. The second kappa shape index (κ2) is 6.58. The number of carbonyl (C=O) groups excluding carboxylic acids is 1. The van der Waals surface area contributed by atoms with Crippen molar-refractivity contribution in [2.45, 2.75) is 38.1 Å². The Kier molecular flexibility index (Phi) is 5.36. The molecule has 0 aromatic carbocycles. The van der Waals surface area contributed by atoms with Gasteiger partial charge >= 0.3 is 0 Å². The van der Waals surface area contributed by atoms with Gasteiger partial charge in [0.15, 0.2) is 0 Å². The first-order chi connectivity index (χ1) is 7.20. The summed E-state index contributed by atoms with van der Waals surface area (Å²) in [5, 5.41) is 3.15. The second-order valence-corrected chi connectivity index (χ2v) is 4.07. The fourth-order valence-corrected chi connectivity index (χ4v) is 1.74. The maximum Gasteiger partial charge on any atom is 0.235 e. The van der Waals surface area contributed by atoms with Gasteiger partial charge in [-0.2, -0.15) is 0 Å². The Bertz CT molecular complexity index is 238. The first-order valence-electron chi connectivity index (χ1n) is 5.63. The van der Waals surface area contributed by atoms with Crippen LogP contribution in [0.25, 0.3) is 0 Å². The smallest absolute Gasteiger partial charge is 0.235 e. The normalized spacial score (nSPS) is 18.3. The van der Waals surface area contributed by atoms with Crippen molar-refractivity contribution in [1.82, 2.24) is 5.32 Å². The van der Waals surface area contributed by atoms with E-state index in [4.69, 9.17) is 11.5 Å². The number of allylic oxidation sites excluding steroid dienone is 1. The molecular formula is C11H21N3O. The van der Waals surface area contributed by atoms with Crippen LogP contribution in [0, 0.1) is 0 Å². The summed E-state index contributed by atoms with van der Waals surface area (Å²) in [6.45, 7) is 1.36. The summed E-state index contributed by atoms with van der Waals surface area (Å²) in [4.78, 5) is 10.6. The molecule has 0 spiro atoms. The highest BCUT2D eigenvalue weighted by Crippen LogP contribution is 2.19. The van der Waals surface area contributed by atoms with Gasteiger partial charge in [-0.1, -0.05) is 11.6 Å². The van der Waals surface area contributed by atoms with Crippen molar-refractivity contribution >= 4 is 5.91 Å². The Labute approximate surface area is 91.1 Å². The molecule has 0 saturated carbocycles. The second-order valence-electron chi connectivity index (χ2n) is 4.07. The number of nitrogens with one attached hydrogen (secondary N) is 1. The zero-order valence-electron chi connectivity index (χ0n) is 9.17. The number of amides is 1. The Morgan fingerprint density at radius 3 is 2.93 bits per heavy atom. The average molecular weight is 211 g/mol. The highest BCUT2D eigenvalue weighted by atomic mass is 16.1. The van der Waals surface area contributed by atoms with Crippen LogP contribution in [0.1, 0.15) is 32.1 Å². The van der Waals surface area contributed by atoms with Gasteiger partial charge in [-0.05, 0) is 38.6 Å². The van der Waals surface area contributed by atoms with Crippen molar-refractivity contribution in [1.29, 1.82) is 0 Å². The SMILES string of the molecule is NC(=O)C(N)CNCCC1=CCCCC1. The Morgan fingerprint density at radius 1 is 1.53 bits per heavy atom. The van der Waals surface area contributed by atoms with Crippen molar-refractivity contribution in [3.8, 4) is 0 Å². The molecule has 1 unspecified atom stereocenters. The standard InChI is InChI=1S/C11H21N3O/c12-10(11(13)15)8-14-7-6-9-4-2-1-3-5-9/h4,10,14H,1-3,5-8,12H2,(H2,13,15). The molecule has 1 atom stereocenters. The summed E-state index contributed by atoms with van der Waals surface area (Å²) in [6.07, 6.45) is 8.47. The van der Waals surface area contributed by atoms with Crippen LogP contribution in [0.5, 0.6) is 0 Å². The number of rotatable bonds is 6. The zero-order chi connectivity index (χ0) is 11.1. The summed E-state index contributed by atoms with van der Waals surface area (Å²) < 4.78 is 0. The summed E-state index contributed by atoms with van der Waals surface area (Å²) in [5.74, 6) is -0.445. The van der Waals surface area contributed by atoms with Crippen LogP contribution < -0.4 is 16.8 Å². The van der Waals surface area contributed by atoms with Gasteiger partial charge in [-0.25, -0.2) is 0 Å². The van der Waals surface area contributed by atoms with Gasteiger partial charge in [-0.3, -0.25) is 4.79 Å². The molecule has 0 fully saturated rings. The third-order valence-electron chi connectivity index (χ3n) is 2.74. The Balaban J connectivity index is 2.06. The highest BCUT2D eigenvalue weighted by molar-refractivity contribution is 5.79. The molecule has 15 heavy (non-hydrogen) atoms. The molecule has 5 N–H and O–H groups in total. The maximum atomic E-state index is 10.6. The maximum absolute atomic E-state index is 10.6. The molecule has 1 aliphatic carbocycles. The molecule has 4 heteroatoms. The summed E-state index contributed by atoms with van der Waals surface area (Å²) in [5.41, 5.74) is 12.1. The molecule has 1 aliphatic rings. The molecule has 1 rings (SSSR count). The van der Waals surface area contributed by atoms with Gasteiger partial charge in [0.25, 0.3) is 0 Å². The minimum absolute atomic E-state index is 0.445. The largest absolute Gasteiger partial charge is 0.368 e. The zero-order valence-corrected chi connectivity index (χ0v) is 9.17. The fraction of sp³-hybridized carbons (Fsp3) is 0.727. The van der Waals surface area contributed by atoms with Crippen LogP contribution in [0.4, 0.5) is 0 Å². The van der Waals surface area contributed by atoms with E-state index in [-0.39, 0.29) is 0 Å². The van der Waals surface area contributed by atoms with Gasteiger partial charge in [0.05, 0.1) is 6.04 Å². The number of primary amides is 1. The van der Waals surface area contributed by atoms with E-state index in [2.05, 4.69) is 11.4 Å². The number of nitrogens with two attached hydrogens (primary N) is 2. The summed E-state index contributed by atoms with van der Waals surface area (Å²) in [7, 11) is 0. The van der Waals surface area contributed by atoms with Gasteiger partial charge in [0.2, 0.25) is 5.91 Å². The van der Waals surface area contributed by atoms with Crippen molar-refractivity contribution in [2.24, 2.45) is 11.5 Å². The lowest BCUT2D eigenvalue weighted by Gasteiger charge is -2.13. The molecule has 0 aliphatic heterocycles. The lowest BCUT2D eigenvalue weighted by atomic mass is 9.97. The van der Waals surface area contributed by atoms with E-state index in [1.165, 1.54) is 31.3 Å². The van der Waals surface area contributed by atoms with E-state index in [1.807, 2.05) is 0 Å². The van der Waals surface area contributed by atoms with Crippen LogP contribution in [0.3, 0.4) is 0 Å². The van der Waals surface area contributed by atoms with Gasteiger partial charge < -0.3 is 16.8 Å². The monoisotopic (exact) mass is 211 g/mol. The predicted molar refractivity (Wildman–Crippen MR) is 61.2 cm³/mol. The van der Waals surface area contributed by atoms with Crippen molar-refractivity contribution in [3.63, 3.8) is 0 Å². The third kappa shape index (κ3) is 4.95. The fourth-order valence-electron chi connectivity index (χ4n) is 1.74. The Morgan fingerprint density at radius 2 is 2.33 bits per heavy atom. The lowest BCUT2D eigenvalue weighted by Crippen LogP contribution is -2.44. The van der Waals surface area contributed by atoms with E-state index in [1.54, 1.807) is 0 Å². The van der Waals surface area contributed by atoms with Gasteiger partial charge in [-0.15, -0.1) is 0 Å². The van der Waals surface area contributed by atoms with E-state index in [9.17, 15) is 4.79 Å². The van der Waals surface area contributed by atoms with E-state index >= 15 is 0 Å². The highest BCUT2D eigenvalue weighted by Gasteiger charge is 2.08. The van der Waals surface area contributed by atoms with Crippen LogP contribution >= 0.6 is 0 Å². The molecule has 0 aromatic heterocycles. The minimum atomic E-state index is -0.565. The minimum Gasteiger partial charge on any atom is -0.368 e. The van der Waals surface area contributed by atoms with Crippen molar-refractivity contribution in [3.05, 3.63) is 11.6 Å². The molecule has 1 amide bonds. The molecule has 0 bridgehead atoms. The number of carbonyl (C=O) groups is 1. The quantitative estimate of drug-likeness (QED) is 0.436. The topological polar surface area (TPSA) is 81.1 Å². The molecular weight excluding hydrogens is 190 g/mol. The Hall–Kier alpha value is -0.870. The van der Waals surface area contributed by atoms with Gasteiger partial charge in [0.1, 0.15) is 0 Å². The van der Waals surface area contributed by atoms with Crippen molar-refractivity contribution < 1.29 is 4.79 Å². The van der Waals surface area contributed by atoms with Crippen LogP contribution in [-0.4, -0.2) is 25.0 Å². The first kappa shape index (κ1) is 12.2. The molecule has 0 aromatic rings. The van der Waals surface area contributed by atoms with E-state index < -0.39 is 11.9 Å². The van der Waals surface area contributed by atoms with Gasteiger partial charge in [0, 0.05) is 6.54 Å². The predicted octanol–water partition coefficient (Wildman–Crippen LogP) is 0.279. The number of hydrogen-bond donors (Lipinski definition) is 3. The molecule has 0 radical (unpaired) electrons. The van der Waals surface area contributed by atoms with Crippen LogP contribution in [0.15, 0.2) is 11.6 Å². The molecule has 4 nitrogen and oxygen atoms in total. The van der Waals surface area contributed by atoms with E-state index in [0.717, 1.165) is 13.0 Å². The van der Waals surface area contributed by atoms with Crippen LogP contribution in [0.2, 0.25) is 0 Å².